The number of nitriles is 1. The van der Waals surface area contributed by atoms with Crippen LogP contribution >= 0.6 is 11.6 Å². The Morgan fingerprint density at radius 3 is 2.88 bits per heavy atom. The molecule has 0 aromatic heterocycles. The molecule has 0 aliphatic rings. The zero-order valence-corrected chi connectivity index (χ0v) is 10.6. The van der Waals surface area contributed by atoms with E-state index in [1.165, 1.54) is 0 Å². The molecule has 5 heteroatoms. The third-order valence-electron chi connectivity index (χ3n) is 2.07. The van der Waals surface area contributed by atoms with Crippen LogP contribution in [0.15, 0.2) is 18.2 Å². The van der Waals surface area contributed by atoms with Crippen molar-refractivity contribution in [3.05, 3.63) is 28.8 Å². The first-order valence-corrected chi connectivity index (χ1v) is 6.82. The van der Waals surface area contributed by atoms with Gasteiger partial charge in [0.2, 0.25) is 0 Å². The Hall–Kier alpha value is -1.05. The van der Waals surface area contributed by atoms with Crippen molar-refractivity contribution in [2.45, 2.75) is 6.92 Å². The first kappa shape index (κ1) is 13.0. The number of nitrogens with zero attached hydrogens (tertiary/aromatic N) is 1. The fourth-order valence-electron chi connectivity index (χ4n) is 1.17. The quantitative estimate of drug-likeness (QED) is 0.880. The number of hydrogen-bond acceptors (Lipinski definition) is 3. The molecule has 1 atom stereocenters. The SMILES string of the molecule is CCS(=O)CCNc1ccc(C#N)c(Cl)c1. The average Bonchev–Trinajstić information content (AvgIpc) is 2.29. The van der Waals surface area contributed by atoms with Gasteiger partial charge in [-0.3, -0.25) is 4.21 Å². The van der Waals surface area contributed by atoms with Crippen LogP contribution in [0.25, 0.3) is 0 Å². The molecule has 86 valence electrons. The average molecular weight is 257 g/mol. The summed E-state index contributed by atoms with van der Waals surface area (Å²) in [6, 6.07) is 7.16. The first-order chi connectivity index (χ1) is 7.67. The minimum atomic E-state index is -0.760. The van der Waals surface area contributed by atoms with Crippen LogP contribution in [-0.2, 0) is 10.8 Å². The summed E-state index contributed by atoms with van der Waals surface area (Å²) >= 11 is 5.88. The van der Waals surface area contributed by atoms with Gasteiger partial charge in [0, 0.05) is 34.5 Å². The van der Waals surface area contributed by atoms with Gasteiger partial charge in [0.15, 0.2) is 0 Å². The number of benzene rings is 1. The van der Waals surface area contributed by atoms with Crippen LogP contribution in [0.2, 0.25) is 5.02 Å². The van der Waals surface area contributed by atoms with E-state index in [-0.39, 0.29) is 0 Å². The van der Waals surface area contributed by atoms with Gasteiger partial charge in [-0.05, 0) is 18.2 Å². The van der Waals surface area contributed by atoms with E-state index in [9.17, 15) is 4.21 Å². The van der Waals surface area contributed by atoms with Crippen molar-refractivity contribution in [2.24, 2.45) is 0 Å². The van der Waals surface area contributed by atoms with Gasteiger partial charge < -0.3 is 5.32 Å². The topological polar surface area (TPSA) is 52.9 Å². The summed E-state index contributed by atoms with van der Waals surface area (Å²) in [5.41, 5.74) is 1.31. The maximum Gasteiger partial charge on any atom is 0.101 e. The maximum absolute atomic E-state index is 11.2. The highest BCUT2D eigenvalue weighted by atomic mass is 35.5. The van der Waals surface area contributed by atoms with Gasteiger partial charge in [-0.15, -0.1) is 0 Å². The molecule has 0 saturated heterocycles. The third kappa shape index (κ3) is 3.84. The van der Waals surface area contributed by atoms with E-state index in [0.717, 1.165) is 5.69 Å². The van der Waals surface area contributed by atoms with Crippen molar-refractivity contribution in [1.82, 2.24) is 0 Å². The molecule has 0 aliphatic carbocycles. The van der Waals surface area contributed by atoms with E-state index in [4.69, 9.17) is 16.9 Å². The predicted molar refractivity (Wildman–Crippen MR) is 68.2 cm³/mol. The van der Waals surface area contributed by atoms with Crippen LogP contribution in [0, 0.1) is 11.3 Å². The number of anilines is 1. The summed E-state index contributed by atoms with van der Waals surface area (Å²) in [7, 11) is -0.760. The molecule has 0 radical (unpaired) electrons. The third-order valence-corrected chi connectivity index (χ3v) is 3.69. The lowest BCUT2D eigenvalue weighted by Gasteiger charge is -2.06. The van der Waals surface area contributed by atoms with Crippen molar-refractivity contribution in [3.63, 3.8) is 0 Å². The lowest BCUT2D eigenvalue weighted by molar-refractivity contribution is 0.684. The molecule has 16 heavy (non-hydrogen) atoms. The Kier molecular flexibility index (Phi) is 5.30. The fraction of sp³-hybridized carbons (Fsp3) is 0.364. The van der Waals surface area contributed by atoms with Crippen LogP contribution in [-0.4, -0.2) is 22.3 Å². The second-order valence-electron chi connectivity index (χ2n) is 3.17. The van der Waals surface area contributed by atoms with E-state index >= 15 is 0 Å². The van der Waals surface area contributed by atoms with Gasteiger partial charge in [-0.1, -0.05) is 18.5 Å². The zero-order valence-electron chi connectivity index (χ0n) is 9.00. The highest BCUT2D eigenvalue weighted by Gasteiger charge is 2.01. The van der Waals surface area contributed by atoms with Gasteiger partial charge in [-0.25, -0.2) is 0 Å². The normalized spacial score (nSPS) is 11.8. The lowest BCUT2D eigenvalue weighted by Crippen LogP contribution is -2.11. The Balaban J connectivity index is 2.53. The molecule has 0 aliphatic heterocycles. The van der Waals surface area contributed by atoms with E-state index < -0.39 is 10.8 Å². The molecule has 0 amide bonds. The molecule has 0 heterocycles. The van der Waals surface area contributed by atoms with Gasteiger partial charge >= 0.3 is 0 Å². The van der Waals surface area contributed by atoms with E-state index in [1.807, 2.05) is 13.0 Å². The molecule has 1 unspecified atom stereocenters. The van der Waals surface area contributed by atoms with Crippen LogP contribution in [0.1, 0.15) is 12.5 Å². The Labute approximate surface area is 103 Å². The molecule has 1 aromatic carbocycles. The summed E-state index contributed by atoms with van der Waals surface area (Å²) in [6.45, 7) is 2.54. The number of rotatable bonds is 5. The minimum absolute atomic E-state index is 0.434. The van der Waals surface area contributed by atoms with Crippen molar-refractivity contribution >= 4 is 28.1 Å². The summed E-state index contributed by atoms with van der Waals surface area (Å²) in [5.74, 6) is 1.30. The number of hydrogen-bond donors (Lipinski definition) is 1. The predicted octanol–water partition coefficient (Wildman–Crippen LogP) is 2.39. The van der Waals surface area contributed by atoms with Crippen molar-refractivity contribution in [1.29, 1.82) is 5.26 Å². The number of halogens is 1. The second kappa shape index (κ2) is 6.51. The van der Waals surface area contributed by atoms with Crippen LogP contribution in [0.3, 0.4) is 0 Å². The van der Waals surface area contributed by atoms with Crippen LogP contribution < -0.4 is 5.32 Å². The largest absolute Gasteiger partial charge is 0.384 e. The van der Waals surface area contributed by atoms with Crippen molar-refractivity contribution < 1.29 is 4.21 Å². The molecule has 1 aromatic rings. The molecule has 3 nitrogen and oxygen atoms in total. The van der Waals surface area contributed by atoms with Gasteiger partial charge in [0.1, 0.15) is 6.07 Å². The molecular weight excluding hydrogens is 244 g/mol. The highest BCUT2D eigenvalue weighted by molar-refractivity contribution is 7.84. The summed E-state index contributed by atoms with van der Waals surface area (Å²) < 4.78 is 11.2. The molecule has 0 fully saturated rings. The molecular formula is C11H13ClN2OS. The highest BCUT2D eigenvalue weighted by Crippen LogP contribution is 2.19. The lowest BCUT2D eigenvalue weighted by atomic mass is 10.2. The maximum atomic E-state index is 11.2. The van der Waals surface area contributed by atoms with Crippen LogP contribution in [0.5, 0.6) is 0 Å². The van der Waals surface area contributed by atoms with Crippen molar-refractivity contribution in [3.8, 4) is 6.07 Å². The Bertz CT molecular complexity index is 428. The molecule has 0 saturated carbocycles. The zero-order chi connectivity index (χ0) is 12.0. The molecule has 1 rings (SSSR count). The van der Waals surface area contributed by atoms with Gasteiger partial charge in [-0.2, -0.15) is 5.26 Å². The summed E-state index contributed by atoms with van der Waals surface area (Å²) in [4.78, 5) is 0. The van der Waals surface area contributed by atoms with Gasteiger partial charge in [0.05, 0.1) is 10.6 Å². The monoisotopic (exact) mass is 256 g/mol. The smallest absolute Gasteiger partial charge is 0.101 e. The van der Waals surface area contributed by atoms with E-state index in [0.29, 0.717) is 28.6 Å². The molecule has 0 spiro atoms. The van der Waals surface area contributed by atoms with Gasteiger partial charge in [0.25, 0.3) is 0 Å². The van der Waals surface area contributed by atoms with Crippen molar-refractivity contribution in [2.75, 3.05) is 23.4 Å². The minimum Gasteiger partial charge on any atom is -0.384 e. The van der Waals surface area contributed by atoms with E-state index in [2.05, 4.69) is 5.32 Å². The van der Waals surface area contributed by atoms with E-state index in [1.54, 1.807) is 18.2 Å². The Morgan fingerprint density at radius 1 is 1.56 bits per heavy atom. The second-order valence-corrected chi connectivity index (χ2v) is 5.44. The summed E-state index contributed by atoms with van der Waals surface area (Å²) in [6.07, 6.45) is 0. The summed E-state index contributed by atoms with van der Waals surface area (Å²) in [5, 5.41) is 12.2. The molecule has 1 N–H and O–H groups in total. The Morgan fingerprint density at radius 2 is 2.31 bits per heavy atom. The first-order valence-electron chi connectivity index (χ1n) is 4.96. The number of nitrogens with one attached hydrogen (secondary N) is 1. The standard InChI is InChI=1S/C11H13ClN2OS/c1-2-16(15)6-5-14-10-4-3-9(8-13)11(12)7-10/h3-4,7,14H,2,5-6H2,1H3. The fourth-order valence-corrected chi connectivity index (χ4v) is 2.01. The molecule has 0 bridgehead atoms. The van der Waals surface area contributed by atoms with Crippen LogP contribution in [0.4, 0.5) is 5.69 Å².